The fourth-order valence-corrected chi connectivity index (χ4v) is 2.65. The van der Waals surface area contributed by atoms with E-state index in [0.717, 1.165) is 6.08 Å². The van der Waals surface area contributed by atoms with E-state index in [1.807, 2.05) is 4.72 Å². The number of hydrogen-bond donors (Lipinski definition) is 3. The molecule has 1 aromatic rings. The van der Waals surface area contributed by atoms with E-state index >= 15 is 0 Å². The van der Waals surface area contributed by atoms with Gasteiger partial charge in [-0.2, -0.15) is 16.8 Å². The van der Waals surface area contributed by atoms with Gasteiger partial charge in [-0.1, -0.05) is 24.3 Å². The van der Waals surface area contributed by atoms with Crippen molar-refractivity contribution in [2.45, 2.75) is 0 Å². The molecular formula is C10H10N4O5S2. The second-order valence-corrected chi connectivity index (χ2v) is 6.58. The normalized spacial score (nSPS) is 17.3. The molecule has 0 heterocycles. The zero-order valence-electron chi connectivity index (χ0n) is 10.3. The highest BCUT2D eigenvalue weighted by atomic mass is 32.2. The minimum Gasteiger partial charge on any atom is -0.287 e. The first-order valence-corrected chi connectivity index (χ1v) is 8.41. The Kier molecular flexibility index (Phi) is 3.67. The molecule has 0 saturated heterocycles. The van der Waals surface area contributed by atoms with Gasteiger partial charge in [0.1, 0.15) is 0 Å². The Labute approximate surface area is 120 Å². The summed E-state index contributed by atoms with van der Waals surface area (Å²) in [6.45, 7) is 0. The van der Waals surface area contributed by atoms with Gasteiger partial charge in [0.15, 0.2) is 0 Å². The van der Waals surface area contributed by atoms with Crippen molar-refractivity contribution in [2.75, 3.05) is 0 Å². The number of benzene rings is 1. The number of nitrogens with zero attached hydrogens (tertiary/aromatic N) is 1. The molecule has 11 heteroatoms. The lowest BCUT2D eigenvalue weighted by Gasteiger charge is -2.17. The van der Waals surface area contributed by atoms with Crippen LogP contribution in [0.1, 0.15) is 15.9 Å². The van der Waals surface area contributed by atoms with Crippen molar-refractivity contribution in [3.63, 3.8) is 0 Å². The highest BCUT2D eigenvalue weighted by Crippen LogP contribution is 2.21. The van der Waals surface area contributed by atoms with Gasteiger partial charge in [-0.05, 0) is 6.08 Å². The van der Waals surface area contributed by atoms with E-state index in [4.69, 9.17) is 10.3 Å². The van der Waals surface area contributed by atoms with E-state index in [-0.39, 0.29) is 16.8 Å². The van der Waals surface area contributed by atoms with Gasteiger partial charge in [-0.15, -0.1) is 4.40 Å². The highest BCUT2D eigenvalue weighted by molar-refractivity contribution is 7.88. The van der Waals surface area contributed by atoms with Crippen molar-refractivity contribution in [1.82, 2.24) is 4.72 Å². The zero-order valence-corrected chi connectivity index (χ0v) is 12.0. The molecule has 9 nitrogen and oxygen atoms in total. The quantitative estimate of drug-likeness (QED) is 0.616. The van der Waals surface area contributed by atoms with Crippen molar-refractivity contribution in [3.8, 4) is 0 Å². The Morgan fingerprint density at radius 3 is 2.10 bits per heavy atom. The lowest BCUT2D eigenvalue weighted by molar-refractivity contribution is 0.102. The van der Waals surface area contributed by atoms with Crippen molar-refractivity contribution >= 4 is 31.9 Å². The van der Waals surface area contributed by atoms with Crippen LogP contribution in [0.15, 0.2) is 40.4 Å². The summed E-state index contributed by atoms with van der Waals surface area (Å²) in [6, 6.07) is 5.96. The van der Waals surface area contributed by atoms with Gasteiger partial charge in [0, 0.05) is 11.1 Å². The van der Waals surface area contributed by atoms with Crippen LogP contribution in [0.5, 0.6) is 0 Å². The average molecular weight is 330 g/mol. The van der Waals surface area contributed by atoms with E-state index in [1.165, 1.54) is 18.2 Å². The van der Waals surface area contributed by atoms with E-state index in [2.05, 4.69) is 4.40 Å². The van der Waals surface area contributed by atoms with Crippen LogP contribution in [0.25, 0.3) is 0 Å². The minimum atomic E-state index is -4.23. The Morgan fingerprint density at radius 2 is 1.57 bits per heavy atom. The number of carbonyl (C=O) groups is 1. The number of carbonyl (C=O) groups excluding carboxylic acids is 1. The maximum Gasteiger partial charge on any atom is 0.317 e. The van der Waals surface area contributed by atoms with E-state index in [1.54, 1.807) is 6.07 Å². The number of ketones is 1. The molecule has 0 saturated carbocycles. The maximum atomic E-state index is 12.1. The molecule has 112 valence electrons. The topological polar surface area (TPSA) is 162 Å². The number of fused-ring (bicyclic) bond motifs is 1. The summed E-state index contributed by atoms with van der Waals surface area (Å²) in [5.74, 6) is -0.659. The number of rotatable bonds is 3. The van der Waals surface area contributed by atoms with Crippen LogP contribution < -0.4 is 15.0 Å². The first-order chi connectivity index (χ1) is 9.57. The first kappa shape index (κ1) is 15.3. The summed E-state index contributed by atoms with van der Waals surface area (Å²) in [5, 5.41) is 9.64. The molecular weight excluding hydrogens is 320 g/mol. The minimum absolute atomic E-state index is 0.0774. The maximum absolute atomic E-state index is 12.1. The number of allylic oxidation sites excluding steroid dienone is 2. The van der Waals surface area contributed by atoms with Gasteiger partial charge in [0.2, 0.25) is 5.78 Å². The third-order valence-electron chi connectivity index (χ3n) is 2.45. The molecule has 1 aliphatic rings. The molecule has 21 heavy (non-hydrogen) atoms. The molecule has 0 spiro atoms. The number of nitrogens with one attached hydrogen (secondary N) is 1. The molecule has 0 bridgehead atoms. The van der Waals surface area contributed by atoms with E-state index < -0.39 is 31.9 Å². The van der Waals surface area contributed by atoms with E-state index in [0.29, 0.717) is 0 Å². The third kappa shape index (κ3) is 3.72. The fourth-order valence-electron chi connectivity index (χ4n) is 1.77. The lowest BCUT2D eigenvalue weighted by atomic mass is 9.93. The SMILES string of the molecule is NS(=O)(=O)/N=C1\C=C(NS(N)(=O)=O)C(=O)c2ccccc21. The number of nitrogens with two attached hydrogens (primary N) is 2. The molecule has 0 radical (unpaired) electrons. The van der Waals surface area contributed by atoms with Gasteiger partial charge in [-0.3, -0.25) is 9.52 Å². The van der Waals surface area contributed by atoms with Gasteiger partial charge < -0.3 is 0 Å². The summed E-state index contributed by atoms with van der Waals surface area (Å²) in [7, 11) is -8.43. The van der Waals surface area contributed by atoms with E-state index in [9.17, 15) is 21.6 Å². The van der Waals surface area contributed by atoms with Crippen LogP contribution in [0.2, 0.25) is 0 Å². The second-order valence-electron chi connectivity index (χ2n) is 4.07. The first-order valence-electron chi connectivity index (χ1n) is 5.36. The predicted molar refractivity (Wildman–Crippen MR) is 74.7 cm³/mol. The smallest absolute Gasteiger partial charge is 0.287 e. The molecule has 2 rings (SSSR count). The molecule has 0 aliphatic heterocycles. The van der Waals surface area contributed by atoms with Gasteiger partial charge >= 0.3 is 10.2 Å². The number of Topliss-reactive ketones (excluding diaryl/α,β-unsaturated/α-hetero) is 1. The predicted octanol–water partition coefficient (Wildman–Crippen LogP) is -1.45. The standard InChI is InChI=1S/C10H10N4O5S2/c11-20(16,17)13-8-5-9(14-21(12,18)19)10(15)7-4-2-1-3-6(7)8/h1-5,14H,(H2,11,16,17)(H2,12,18,19)/b13-8+. The third-order valence-corrected chi connectivity index (χ3v) is 3.41. The Bertz CT molecular complexity index is 884. The number of hydrogen-bond acceptors (Lipinski definition) is 5. The summed E-state index contributed by atoms with van der Waals surface area (Å²) in [6.07, 6.45) is 0.958. The molecule has 5 N–H and O–H groups in total. The molecule has 1 aromatic carbocycles. The molecule has 0 atom stereocenters. The largest absolute Gasteiger partial charge is 0.317 e. The van der Waals surface area contributed by atoms with Crippen LogP contribution in [0, 0.1) is 0 Å². The van der Waals surface area contributed by atoms with Crippen LogP contribution in [-0.2, 0) is 20.4 Å². The Balaban J connectivity index is 2.67. The monoisotopic (exact) mass is 330 g/mol. The van der Waals surface area contributed by atoms with Crippen molar-refractivity contribution in [2.24, 2.45) is 14.7 Å². The lowest BCUT2D eigenvalue weighted by Crippen LogP contribution is -2.35. The van der Waals surface area contributed by atoms with Crippen molar-refractivity contribution in [3.05, 3.63) is 47.2 Å². The average Bonchev–Trinajstić information content (AvgIpc) is 2.32. The van der Waals surface area contributed by atoms with Crippen LogP contribution in [0.4, 0.5) is 0 Å². The molecule has 0 unspecified atom stereocenters. The zero-order chi connectivity index (χ0) is 15.8. The summed E-state index contributed by atoms with van der Waals surface area (Å²) < 4.78 is 49.4. The molecule has 0 fully saturated rings. The van der Waals surface area contributed by atoms with Crippen LogP contribution >= 0.6 is 0 Å². The molecule has 1 aliphatic carbocycles. The second kappa shape index (κ2) is 5.04. The molecule has 0 aromatic heterocycles. The summed E-state index contributed by atoms with van der Waals surface area (Å²) in [4.78, 5) is 12.1. The highest BCUT2D eigenvalue weighted by Gasteiger charge is 2.26. The van der Waals surface area contributed by atoms with Crippen molar-refractivity contribution < 1.29 is 21.6 Å². The van der Waals surface area contributed by atoms with Gasteiger partial charge in [0.05, 0.1) is 11.4 Å². The van der Waals surface area contributed by atoms with Crippen LogP contribution in [0.3, 0.4) is 0 Å². The summed E-state index contributed by atoms with van der Waals surface area (Å²) >= 11 is 0. The van der Waals surface area contributed by atoms with Crippen molar-refractivity contribution in [1.29, 1.82) is 0 Å². The van der Waals surface area contributed by atoms with Gasteiger partial charge in [-0.25, -0.2) is 10.3 Å². The molecule has 0 amide bonds. The fraction of sp³-hybridized carbons (Fsp3) is 0. The van der Waals surface area contributed by atoms with Crippen LogP contribution in [-0.4, -0.2) is 28.3 Å². The Hall–Kier alpha value is -2.08. The Morgan fingerprint density at radius 1 is 1.00 bits per heavy atom. The van der Waals surface area contributed by atoms with Gasteiger partial charge in [0.25, 0.3) is 10.2 Å². The summed E-state index contributed by atoms with van der Waals surface area (Å²) in [5.41, 5.74) is -0.289.